The Morgan fingerprint density at radius 2 is 1.95 bits per heavy atom. The number of benzene rings is 1. The summed E-state index contributed by atoms with van der Waals surface area (Å²) >= 11 is 6.07. The van der Waals surface area contributed by atoms with Gasteiger partial charge in [-0.1, -0.05) is 11.6 Å². The first-order valence-electron chi connectivity index (χ1n) is 13.7. The molecule has 2 atom stereocenters. The number of hydrogen-bond donors (Lipinski definition) is 0. The maximum Gasteiger partial charge on any atom is 0.329 e. The van der Waals surface area contributed by atoms with Crippen LogP contribution in [-0.4, -0.2) is 92.7 Å². The number of Topliss-reactive ketones (excluding diaryl/α,β-unsaturated/α-hetero) is 1. The molecule has 12 nitrogen and oxygen atoms in total. The average Bonchev–Trinajstić information content (AvgIpc) is 3.63. The van der Waals surface area contributed by atoms with Crippen molar-refractivity contribution < 1.29 is 32.6 Å². The minimum atomic E-state index is -0.939. The molecule has 15 heteroatoms. The molecule has 1 amide bonds. The Labute approximate surface area is 248 Å². The minimum absolute atomic E-state index is 0.0317. The Bertz CT molecular complexity index is 1670. The number of pyridine rings is 1. The van der Waals surface area contributed by atoms with E-state index < -0.39 is 48.0 Å². The lowest BCUT2D eigenvalue weighted by atomic mass is 9.78. The normalized spacial score (nSPS) is 22.1. The first-order valence-corrected chi connectivity index (χ1v) is 14.0. The van der Waals surface area contributed by atoms with Gasteiger partial charge >= 0.3 is 5.97 Å². The lowest BCUT2D eigenvalue weighted by molar-refractivity contribution is -0.152. The first-order chi connectivity index (χ1) is 20.7. The van der Waals surface area contributed by atoms with Crippen molar-refractivity contribution in [2.24, 2.45) is 5.41 Å². The number of amides is 1. The molecule has 1 spiro atoms. The monoisotopic (exact) mass is 611 g/mol. The van der Waals surface area contributed by atoms with Crippen LogP contribution in [0.15, 0.2) is 36.8 Å². The summed E-state index contributed by atoms with van der Waals surface area (Å²) in [5.41, 5.74) is 0.602. The number of fused-ring (bicyclic) bond motifs is 1. The van der Waals surface area contributed by atoms with Crippen molar-refractivity contribution in [1.29, 1.82) is 0 Å². The predicted octanol–water partition coefficient (Wildman–Crippen LogP) is 2.40. The van der Waals surface area contributed by atoms with Gasteiger partial charge in [-0.25, -0.2) is 18.6 Å². The molecule has 4 aliphatic heterocycles. The van der Waals surface area contributed by atoms with Crippen LogP contribution >= 0.6 is 11.6 Å². The van der Waals surface area contributed by atoms with E-state index >= 15 is 8.78 Å². The topological polar surface area (TPSA) is 133 Å². The fourth-order valence-corrected chi connectivity index (χ4v) is 6.49. The van der Waals surface area contributed by atoms with E-state index in [1.807, 2.05) is 0 Å². The van der Waals surface area contributed by atoms with E-state index in [1.54, 1.807) is 11.0 Å². The van der Waals surface area contributed by atoms with Gasteiger partial charge in [0.2, 0.25) is 11.7 Å². The predicted molar refractivity (Wildman–Crippen MR) is 145 cm³/mol. The van der Waals surface area contributed by atoms with Crippen molar-refractivity contribution in [3.63, 3.8) is 0 Å². The number of rotatable bonds is 7. The van der Waals surface area contributed by atoms with Crippen LogP contribution in [0, 0.1) is 17.0 Å². The number of hydrogen-bond acceptors (Lipinski definition) is 10. The zero-order valence-electron chi connectivity index (χ0n) is 22.6. The average molecular weight is 612 g/mol. The lowest BCUT2D eigenvalue weighted by Crippen LogP contribution is -2.66. The zero-order chi connectivity index (χ0) is 29.9. The maximum atomic E-state index is 15.3. The summed E-state index contributed by atoms with van der Waals surface area (Å²) in [6.07, 6.45) is 4.90. The lowest BCUT2D eigenvalue weighted by Gasteiger charge is -2.55. The van der Waals surface area contributed by atoms with E-state index in [4.69, 9.17) is 21.1 Å². The van der Waals surface area contributed by atoms with Crippen LogP contribution in [-0.2, 0) is 19.1 Å². The highest BCUT2D eigenvalue weighted by molar-refractivity contribution is 6.31. The SMILES string of the molecule is O=C(COC(=O)[C@@H]1CC[C@@H]2CC(c3c(-n4cnnn4)ccc(Cl)c3F)=CC(=O)N21)c1ccnc(N2CC3(COC3)C2)c1F. The minimum Gasteiger partial charge on any atom is -0.456 e. The van der Waals surface area contributed by atoms with Crippen molar-refractivity contribution in [2.45, 2.75) is 31.3 Å². The van der Waals surface area contributed by atoms with Gasteiger partial charge in [-0.15, -0.1) is 5.10 Å². The molecule has 7 rings (SSSR count). The number of tetrazole rings is 1. The molecule has 4 aliphatic rings. The molecule has 6 heterocycles. The number of carbonyl (C=O) groups excluding carboxylic acids is 3. The highest BCUT2D eigenvalue weighted by atomic mass is 35.5. The molecule has 3 saturated heterocycles. The van der Waals surface area contributed by atoms with E-state index in [0.29, 0.717) is 44.0 Å². The fourth-order valence-electron chi connectivity index (χ4n) is 6.33. The standard InChI is InChI=1S/C28H24ClF2N7O5/c29-18-2-4-19(37-14-33-34-35-37)23(25(18)31)15-7-16-1-3-20(38(16)22(40)8-15)27(41)43-9-21(39)17-5-6-32-26(24(17)30)36-10-28(11-36)12-42-13-28/h2,4-6,8,14,16,20H,1,3,7,9-13H2/t16-,20+/m1/s1. The molecule has 0 unspecified atom stereocenters. The second-order valence-corrected chi connectivity index (χ2v) is 11.7. The van der Waals surface area contributed by atoms with E-state index in [-0.39, 0.29) is 40.2 Å². The van der Waals surface area contributed by atoms with Crippen molar-refractivity contribution in [3.05, 3.63) is 64.6 Å². The largest absolute Gasteiger partial charge is 0.456 e. The first kappa shape index (κ1) is 27.5. The van der Waals surface area contributed by atoms with Crippen molar-refractivity contribution in [2.75, 3.05) is 37.8 Å². The highest BCUT2D eigenvalue weighted by Crippen LogP contribution is 2.41. The Hall–Kier alpha value is -4.30. The summed E-state index contributed by atoms with van der Waals surface area (Å²) in [7, 11) is 0. The molecule has 0 aliphatic carbocycles. The van der Waals surface area contributed by atoms with E-state index in [9.17, 15) is 14.4 Å². The van der Waals surface area contributed by atoms with Crippen molar-refractivity contribution >= 4 is 40.7 Å². The number of carbonyl (C=O) groups is 3. The third kappa shape index (κ3) is 4.65. The quantitative estimate of drug-likeness (QED) is 0.290. The van der Waals surface area contributed by atoms with Gasteiger partial charge in [-0.2, -0.15) is 4.68 Å². The van der Waals surface area contributed by atoms with Crippen LogP contribution in [0.3, 0.4) is 0 Å². The molecule has 2 aromatic heterocycles. The Morgan fingerprint density at radius 1 is 1.14 bits per heavy atom. The molecule has 0 N–H and O–H groups in total. The Balaban J connectivity index is 1.04. The summed E-state index contributed by atoms with van der Waals surface area (Å²) in [5, 5.41) is 10.9. The van der Waals surface area contributed by atoms with Gasteiger partial charge in [-0.05, 0) is 53.5 Å². The third-order valence-corrected chi connectivity index (χ3v) is 8.75. The molecule has 3 aromatic rings. The van der Waals surface area contributed by atoms with Gasteiger partial charge in [0.15, 0.2) is 24.1 Å². The summed E-state index contributed by atoms with van der Waals surface area (Å²) in [4.78, 5) is 46.4. The Kier molecular flexibility index (Phi) is 6.69. The summed E-state index contributed by atoms with van der Waals surface area (Å²) < 4.78 is 42.3. The maximum absolute atomic E-state index is 15.3. The second kappa shape index (κ2) is 10.5. The highest BCUT2D eigenvalue weighted by Gasteiger charge is 2.50. The number of anilines is 1. The molecular formula is C28H24ClF2N7O5. The number of aromatic nitrogens is 5. The molecule has 0 radical (unpaired) electrons. The van der Waals surface area contributed by atoms with Gasteiger partial charge in [0, 0.05) is 37.0 Å². The fraction of sp³-hybridized carbons (Fsp3) is 0.393. The zero-order valence-corrected chi connectivity index (χ0v) is 23.3. The molecule has 0 saturated carbocycles. The van der Waals surface area contributed by atoms with E-state index in [1.165, 1.54) is 40.3 Å². The molecule has 3 fully saturated rings. The van der Waals surface area contributed by atoms with Gasteiger partial charge in [-0.3, -0.25) is 9.59 Å². The smallest absolute Gasteiger partial charge is 0.329 e. The Morgan fingerprint density at radius 3 is 2.67 bits per heavy atom. The van der Waals surface area contributed by atoms with Crippen LogP contribution < -0.4 is 4.90 Å². The molecule has 222 valence electrons. The molecule has 1 aromatic carbocycles. The van der Waals surface area contributed by atoms with E-state index in [2.05, 4.69) is 20.5 Å². The van der Waals surface area contributed by atoms with Gasteiger partial charge in [0.1, 0.15) is 12.4 Å². The van der Waals surface area contributed by atoms with Crippen LogP contribution in [0.5, 0.6) is 0 Å². The molecular weight excluding hydrogens is 588 g/mol. The van der Waals surface area contributed by atoms with Gasteiger partial charge in [0.25, 0.3) is 0 Å². The van der Waals surface area contributed by atoms with Gasteiger partial charge < -0.3 is 19.3 Å². The number of ketones is 1. The van der Waals surface area contributed by atoms with E-state index in [0.717, 1.165) is 0 Å². The van der Waals surface area contributed by atoms with Crippen LogP contribution in [0.2, 0.25) is 5.02 Å². The van der Waals surface area contributed by atoms with Crippen LogP contribution in [0.1, 0.15) is 35.2 Å². The van der Waals surface area contributed by atoms with Crippen LogP contribution in [0.25, 0.3) is 11.3 Å². The van der Waals surface area contributed by atoms with Gasteiger partial charge in [0.05, 0.1) is 34.9 Å². The summed E-state index contributed by atoms with van der Waals surface area (Å²) in [6.45, 7) is 1.74. The second-order valence-electron chi connectivity index (χ2n) is 11.3. The summed E-state index contributed by atoms with van der Waals surface area (Å²) in [5.74, 6) is -3.40. The third-order valence-electron chi connectivity index (χ3n) is 8.46. The van der Waals surface area contributed by atoms with Crippen molar-refractivity contribution in [1.82, 2.24) is 30.1 Å². The van der Waals surface area contributed by atoms with Crippen LogP contribution in [0.4, 0.5) is 14.6 Å². The number of nitrogens with zero attached hydrogens (tertiary/aromatic N) is 7. The number of esters is 1. The molecule has 43 heavy (non-hydrogen) atoms. The summed E-state index contributed by atoms with van der Waals surface area (Å²) in [6, 6.07) is 2.83. The number of ether oxygens (including phenoxy) is 2. The number of halogens is 3. The molecule has 0 bridgehead atoms. The van der Waals surface area contributed by atoms with Crippen molar-refractivity contribution in [3.8, 4) is 5.69 Å².